The van der Waals surface area contributed by atoms with Crippen LogP contribution in [0.4, 0.5) is 5.69 Å². The molecule has 1 amide bonds. The van der Waals surface area contributed by atoms with Crippen LogP contribution in [-0.4, -0.2) is 12.5 Å². The van der Waals surface area contributed by atoms with Gasteiger partial charge in [-0.2, -0.15) is 0 Å². The highest BCUT2D eigenvalue weighted by molar-refractivity contribution is 9.10. The minimum atomic E-state index is -0.232. The zero-order chi connectivity index (χ0) is 18.7. The predicted octanol–water partition coefficient (Wildman–Crippen LogP) is 6.17. The van der Waals surface area contributed by atoms with Gasteiger partial charge in [0, 0.05) is 4.47 Å². The molecule has 0 aliphatic heterocycles. The van der Waals surface area contributed by atoms with E-state index < -0.39 is 0 Å². The topological polar surface area (TPSA) is 38.3 Å². The monoisotopic (exact) mass is 423 g/mol. The summed E-state index contributed by atoms with van der Waals surface area (Å²) in [4.78, 5) is 12.3. The van der Waals surface area contributed by atoms with Crippen LogP contribution in [0, 0.1) is 20.8 Å². The molecule has 2 rings (SSSR count). The van der Waals surface area contributed by atoms with Crippen molar-refractivity contribution in [1.82, 2.24) is 0 Å². The summed E-state index contributed by atoms with van der Waals surface area (Å²) in [6, 6.07) is 7.82. The summed E-state index contributed by atoms with van der Waals surface area (Å²) < 4.78 is 6.83. The lowest BCUT2D eigenvalue weighted by atomic mass is 10.0. The van der Waals surface area contributed by atoms with E-state index in [0.29, 0.717) is 16.6 Å². The Hall–Kier alpha value is -1.52. The highest BCUT2D eigenvalue weighted by Gasteiger charge is 2.14. The lowest BCUT2D eigenvalue weighted by molar-refractivity contribution is -0.118. The molecule has 0 heterocycles. The normalized spacial score (nSPS) is 10.9. The number of anilines is 1. The van der Waals surface area contributed by atoms with Crippen molar-refractivity contribution >= 4 is 39.1 Å². The first-order chi connectivity index (χ1) is 11.7. The molecule has 0 saturated heterocycles. The summed E-state index contributed by atoms with van der Waals surface area (Å²) in [6.45, 7) is 10.0. The largest absolute Gasteiger partial charge is 0.483 e. The predicted molar refractivity (Wildman–Crippen MR) is 108 cm³/mol. The summed E-state index contributed by atoms with van der Waals surface area (Å²) in [5, 5.41) is 3.38. The summed E-state index contributed by atoms with van der Waals surface area (Å²) in [6.07, 6.45) is 0. The molecule has 0 unspecified atom stereocenters. The molecule has 0 spiro atoms. The number of nitrogens with one attached hydrogen (secondary N) is 1. The molecule has 134 valence electrons. The van der Waals surface area contributed by atoms with Gasteiger partial charge in [-0.25, -0.2) is 0 Å². The second-order valence-corrected chi connectivity index (χ2v) is 7.83. The SMILES string of the molecule is Cc1cc(C)c(NC(=O)COc2cc(C)c(Br)cc2C(C)C)c(Cl)c1. The van der Waals surface area contributed by atoms with Crippen molar-refractivity contribution in [2.45, 2.75) is 40.5 Å². The number of halogens is 2. The van der Waals surface area contributed by atoms with Crippen LogP contribution in [0.1, 0.15) is 42.0 Å². The molecule has 0 bridgehead atoms. The Morgan fingerprint density at radius 3 is 2.44 bits per heavy atom. The maximum Gasteiger partial charge on any atom is 0.262 e. The number of benzene rings is 2. The molecule has 2 aromatic rings. The van der Waals surface area contributed by atoms with Gasteiger partial charge in [-0.15, -0.1) is 0 Å². The van der Waals surface area contributed by atoms with E-state index in [1.54, 1.807) is 0 Å². The number of aryl methyl sites for hydroxylation is 3. The van der Waals surface area contributed by atoms with E-state index in [1.165, 1.54) is 0 Å². The van der Waals surface area contributed by atoms with E-state index in [1.807, 2.05) is 45.0 Å². The van der Waals surface area contributed by atoms with Crippen molar-refractivity contribution in [3.63, 3.8) is 0 Å². The highest BCUT2D eigenvalue weighted by Crippen LogP contribution is 2.32. The van der Waals surface area contributed by atoms with E-state index in [0.717, 1.165) is 32.5 Å². The van der Waals surface area contributed by atoms with Gasteiger partial charge in [-0.3, -0.25) is 4.79 Å². The van der Waals surface area contributed by atoms with Crippen molar-refractivity contribution in [2.75, 3.05) is 11.9 Å². The Balaban J connectivity index is 2.12. The number of rotatable bonds is 5. The zero-order valence-corrected chi connectivity index (χ0v) is 17.5. The average Bonchev–Trinajstić information content (AvgIpc) is 2.51. The summed E-state index contributed by atoms with van der Waals surface area (Å²) >= 11 is 9.79. The fraction of sp³-hybridized carbons (Fsp3) is 0.350. The van der Waals surface area contributed by atoms with Gasteiger partial charge in [0.05, 0.1) is 10.7 Å². The average molecular weight is 425 g/mol. The Bertz CT molecular complexity index is 780. The number of carbonyl (C=O) groups is 1. The van der Waals surface area contributed by atoms with Crippen LogP contribution in [0.15, 0.2) is 28.7 Å². The maximum atomic E-state index is 12.3. The van der Waals surface area contributed by atoms with Gasteiger partial charge in [0.2, 0.25) is 0 Å². The fourth-order valence-corrected chi connectivity index (χ4v) is 3.37. The molecular formula is C20H23BrClNO2. The quantitative estimate of drug-likeness (QED) is 0.623. The second-order valence-electron chi connectivity index (χ2n) is 6.57. The van der Waals surface area contributed by atoms with E-state index in [9.17, 15) is 4.79 Å². The Kier molecular flexibility index (Phi) is 6.53. The third-order valence-electron chi connectivity index (χ3n) is 3.97. The van der Waals surface area contributed by atoms with Crippen LogP contribution in [0.25, 0.3) is 0 Å². The molecule has 0 aliphatic carbocycles. The summed E-state index contributed by atoms with van der Waals surface area (Å²) in [5.74, 6) is 0.797. The van der Waals surface area contributed by atoms with Gasteiger partial charge < -0.3 is 10.1 Å². The van der Waals surface area contributed by atoms with E-state index in [4.69, 9.17) is 16.3 Å². The van der Waals surface area contributed by atoms with Crippen molar-refractivity contribution < 1.29 is 9.53 Å². The van der Waals surface area contributed by atoms with Crippen LogP contribution in [-0.2, 0) is 4.79 Å². The molecule has 1 N–H and O–H groups in total. The van der Waals surface area contributed by atoms with Crippen molar-refractivity contribution in [1.29, 1.82) is 0 Å². The van der Waals surface area contributed by atoms with Gasteiger partial charge in [0.15, 0.2) is 6.61 Å². The standard InChI is InChI=1S/C20H23BrClNO2/c1-11(2)15-9-16(21)13(4)8-18(15)25-10-19(24)23-20-14(5)6-12(3)7-17(20)22/h6-9,11H,10H2,1-5H3,(H,23,24). The van der Waals surface area contributed by atoms with Crippen LogP contribution >= 0.6 is 27.5 Å². The van der Waals surface area contributed by atoms with E-state index >= 15 is 0 Å². The third-order valence-corrected chi connectivity index (χ3v) is 5.12. The molecule has 2 aromatic carbocycles. The maximum absolute atomic E-state index is 12.3. The Morgan fingerprint density at radius 2 is 1.84 bits per heavy atom. The lowest BCUT2D eigenvalue weighted by Gasteiger charge is -2.16. The zero-order valence-electron chi connectivity index (χ0n) is 15.2. The Labute approximate surface area is 162 Å². The minimum absolute atomic E-state index is 0.0650. The molecule has 0 aromatic heterocycles. The first kappa shape index (κ1) is 19.8. The highest BCUT2D eigenvalue weighted by atomic mass is 79.9. The number of hydrogen-bond donors (Lipinski definition) is 1. The Morgan fingerprint density at radius 1 is 1.16 bits per heavy atom. The summed E-state index contributed by atoms with van der Waals surface area (Å²) in [5.41, 5.74) is 4.76. The number of ether oxygens (including phenoxy) is 1. The molecule has 5 heteroatoms. The molecule has 3 nitrogen and oxygen atoms in total. The van der Waals surface area contributed by atoms with Crippen molar-refractivity contribution in [3.05, 3.63) is 56.0 Å². The molecule has 25 heavy (non-hydrogen) atoms. The number of amides is 1. The van der Waals surface area contributed by atoms with Crippen molar-refractivity contribution in [2.24, 2.45) is 0 Å². The molecular weight excluding hydrogens is 402 g/mol. The first-order valence-corrected chi connectivity index (χ1v) is 9.35. The smallest absolute Gasteiger partial charge is 0.262 e. The third kappa shape index (κ3) is 4.99. The van der Waals surface area contributed by atoms with Crippen LogP contribution in [0.2, 0.25) is 5.02 Å². The lowest BCUT2D eigenvalue weighted by Crippen LogP contribution is -2.21. The van der Waals surface area contributed by atoms with E-state index in [2.05, 4.69) is 35.1 Å². The molecule has 0 saturated carbocycles. The second kappa shape index (κ2) is 8.24. The van der Waals surface area contributed by atoms with Crippen molar-refractivity contribution in [3.8, 4) is 5.75 Å². The first-order valence-electron chi connectivity index (χ1n) is 8.18. The van der Waals surface area contributed by atoms with Crippen LogP contribution in [0.5, 0.6) is 5.75 Å². The molecule has 0 aliphatic rings. The number of hydrogen-bond acceptors (Lipinski definition) is 2. The van der Waals surface area contributed by atoms with Crippen LogP contribution in [0.3, 0.4) is 0 Å². The molecule has 0 atom stereocenters. The van der Waals surface area contributed by atoms with E-state index in [-0.39, 0.29) is 12.5 Å². The fourth-order valence-electron chi connectivity index (χ4n) is 2.64. The minimum Gasteiger partial charge on any atom is -0.483 e. The number of carbonyl (C=O) groups excluding carboxylic acids is 1. The van der Waals surface area contributed by atoms with Gasteiger partial charge in [-0.1, -0.05) is 47.4 Å². The molecule has 0 radical (unpaired) electrons. The van der Waals surface area contributed by atoms with Crippen LogP contribution < -0.4 is 10.1 Å². The molecule has 0 fully saturated rings. The van der Waals surface area contributed by atoms with Gasteiger partial charge >= 0.3 is 0 Å². The van der Waals surface area contributed by atoms with Gasteiger partial charge in [0.1, 0.15) is 5.75 Å². The summed E-state index contributed by atoms with van der Waals surface area (Å²) in [7, 11) is 0. The van der Waals surface area contributed by atoms with Gasteiger partial charge in [0.25, 0.3) is 5.91 Å². The van der Waals surface area contributed by atoms with Gasteiger partial charge in [-0.05, 0) is 67.1 Å².